The first-order chi connectivity index (χ1) is 15.0. The molecular formula is C23H34N4O3S. The number of hydrogen-bond acceptors (Lipinski definition) is 7. The molecule has 7 nitrogen and oxygen atoms in total. The van der Waals surface area contributed by atoms with E-state index in [0.717, 1.165) is 60.0 Å². The van der Waals surface area contributed by atoms with Crippen molar-refractivity contribution in [2.75, 3.05) is 45.9 Å². The molecule has 31 heavy (non-hydrogen) atoms. The Labute approximate surface area is 188 Å². The van der Waals surface area contributed by atoms with Crippen molar-refractivity contribution in [1.29, 1.82) is 0 Å². The number of hydrogen-bond donors (Lipinski definition) is 2. The minimum Gasteiger partial charge on any atom is -0.491 e. The third kappa shape index (κ3) is 6.62. The molecule has 1 atom stereocenters. The SMILES string of the molecule is Cc1nc2cc(OCC(O)CN3CCN(CC(=O)NC4CCCCC4)CC3)ccc2s1. The number of benzene rings is 1. The van der Waals surface area contributed by atoms with E-state index in [1.54, 1.807) is 11.3 Å². The number of fused-ring (bicyclic) bond motifs is 1. The molecule has 0 spiro atoms. The van der Waals surface area contributed by atoms with Gasteiger partial charge in [0.1, 0.15) is 18.5 Å². The minimum atomic E-state index is -0.547. The molecule has 1 unspecified atom stereocenters. The Morgan fingerprint density at radius 2 is 1.97 bits per heavy atom. The fraction of sp³-hybridized carbons (Fsp3) is 0.652. The van der Waals surface area contributed by atoms with E-state index < -0.39 is 6.10 Å². The van der Waals surface area contributed by atoms with Gasteiger partial charge in [0.05, 0.1) is 21.8 Å². The Kier molecular flexibility index (Phi) is 7.76. The lowest BCUT2D eigenvalue weighted by Crippen LogP contribution is -2.52. The molecule has 170 valence electrons. The average molecular weight is 447 g/mol. The fourth-order valence-electron chi connectivity index (χ4n) is 4.51. The highest BCUT2D eigenvalue weighted by molar-refractivity contribution is 7.18. The maximum Gasteiger partial charge on any atom is 0.234 e. The van der Waals surface area contributed by atoms with Crippen LogP contribution in [0.4, 0.5) is 0 Å². The van der Waals surface area contributed by atoms with Crippen LogP contribution in [-0.2, 0) is 4.79 Å². The maximum atomic E-state index is 12.3. The van der Waals surface area contributed by atoms with Crippen molar-refractivity contribution in [3.05, 3.63) is 23.2 Å². The Bertz CT molecular complexity index is 860. The topological polar surface area (TPSA) is 77.9 Å². The van der Waals surface area contributed by atoms with Crippen LogP contribution < -0.4 is 10.1 Å². The highest BCUT2D eigenvalue weighted by Crippen LogP contribution is 2.25. The molecule has 1 saturated heterocycles. The summed E-state index contributed by atoms with van der Waals surface area (Å²) in [7, 11) is 0. The maximum absolute atomic E-state index is 12.3. The number of nitrogens with one attached hydrogen (secondary N) is 1. The highest BCUT2D eigenvalue weighted by atomic mass is 32.1. The van der Waals surface area contributed by atoms with E-state index in [2.05, 4.69) is 20.1 Å². The zero-order chi connectivity index (χ0) is 21.6. The summed E-state index contributed by atoms with van der Waals surface area (Å²) in [6, 6.07) is 6.26. The van der Waals surface area contributed by atoms with E-state index in [1.807, 2.05) is 25.1 Å². The number of thiazole rings is 1. The van der Waals surface area contributed by atoms with Crippen LogP contribution in [0.5, 0.6) is 5.75 Å². The van der Waals surface area contributed by atoms with Gasteiger partial charge in [-0.15, -0.1) is 11.3 Å². The van der Waals surface area contributed by atoms with Gasteiger partial charge >= 0.3 is 0 Å². The molecule has 1 saturated carbocycles. The number of aliphatic hydroxyl groups is 1. The molecular weight excluding hydrogens is 412 g/mol. The van der Waals surface area contributed by atoms with Gasteiger partial charge in [0.2, 0.25) is 5.91 Å². The van der Waals surface area contributed by atoms with Gasteiger partial charge in [-0.05, 0) is 31.9 Å². The molecule has 2 N–H and O–H groups in total. The van der Waals surface area contributed by atoms with E-state index in [9.17, 15) is 9.90 Å². The highest BCUT2D eigenvalue weighted by Gasteiger charge is 2.22. The first-order valence-electron chi connectivity index (χ1n) is 11.5. The fourth-order valence-corrected chi connectivity index (χ4v) is 5.32. The second-order valence-corrected chi connectivity index (χ2v) is 10.0. The quantitative estimate of drug-likeness (QED) is 0.649. The van der Waals surface area contributed by atoms with E-state index in [-0.39, 0.29) is 12.5 Å². The van der Waals surface area contributed by atoms with Crippen LogP contribution in [0, 0.1) is 6.92 Å². The number of nitrogens with zero attached hydrogens (tertiary/aromatic N) is 3. The van der Waals surface area contributed by atoms with E-state index in [1.165, 1.54) is 19.3 Å². The minimum absolute atomic E-state index is 0.154. The third-order valence-corrected chi connectivity index (χ3v) is 7.13. The van der Waals surface area contributed by atoms with Crippen molar-refractivity contribution >= 4 is 27.5 Å². The number of aryl methyl sites for hydroxylation is 1. The number of aliphatic hydroxyl groups excluding tert-OH is 1. The molecule has 1 aliphatic carbocycles. The molecule has 8 heteroatoms. The number of piperazine rings is 1. The van der Waals surface area contributed by atoms with Gasteiger partial charge in [-0.2, -0.15) is 0 Å². The van der Waals surface area contributed by atoms with Crippen molar-refractivity contribution in [2.45, 2.75) is 51.2 Å². The average Bonchev–Trinajstić information content (AvgIpc) is 3.13. The van der Waals surface area contributed by atoms with Gasteiger partial charge in [0.15, 0.2) is 0 Å². The van der Waals surface area contributed by atoms with Crippen LogP contribution in [-0.4, -0.2) is 83.8 Å². The molecule has 1 aromatic heterocycles. The number of carbonyl (C=O) groups excluding carboxylic acids is 1. The molecule has 2 aliphatic rings. The van der Waals surface area contributed by atoms with Crippen molar-refractivity contribution in [3.63, 3.8) is 0 Å². The standard InChI is InChI=1S/C23H34N4O3S/c1-17-24-21-13-20(7-8-22(21)31-17)30-16-19(28)14-26-9-11-27(12-10-26)15-23(29)25-18-5-3-2-4-6-18/h7-8,13,18-19,28H,2-6,9-12,14-16H2,1H3,(H,25,29). The number of β-amino-alcohol motifs (C(OH)–C–C–N with tert-alkyl or cyclic N) is 1. The molecule has 2 heterocycles. The molecule has 1 amide bonds. The van der Waals surface area contributed by atoms with Crippen molar-refractivity contribution in [2.24, 2.45) is 0 Å². The van der Waals surface area contributed by atoms with Gasteiger partial charge < -0.3 is 15.2 Å². The summed E-state index contributed by atoms with van der Waals surface area (Å²) in [5.74, 6) is 0.895. The van der Waals surface area contributed by atoms with Crippen molar-refractivity contribution in [1.82, 2.24) is 20.1 Å². The first-order valence-corrected chi connectivity index (χ1v) is 12.3. The van der Waals surface area contributed by atoms with Crippen LogP contribution in [0.15, 0.2) is 18.2 Å². The smallest absolute Gasteiger partial charge is 0.234 e. The first kappa shape index (κ1) is 22.5. The Morgan fingerprint density at radius 3 is 2.74 bits per heavy atom. The largest absolute Gasteiger partial charge is 0.491 e. The normalized spacial score (nSPS) is 20.1. The van der Waals surface area contributed by atoms with Crippen molar-refractivity contribution < 1.29 is 14.6 Å². The zero-order valence-electron chi connectivity index (χ0n) is 18.4. The predicted octanol–water partition coefficient (Wildman–Crippen LogP) is 2.41. The summed E-state index contributed by atoms with van der Waals surface area (Å²) in [5, 5.41) is 14.7. The molecule has 4 rings (SSSR count). The van der Waals surface area contributed by atoms with Crippen LogP contribution in [0.3, 0.4) is 0 Å². The lowest BCUT2D eigenvalue weighted by Gasteiger charge is -2.35. The summed E-state index contributed by atoms with van der Waals surface area (Å²) in [4.78, 5) is 21.3. The number of aromatic nitrogens is 1. The van der Waals surface area contributed by atoms with E-state index >= 15 is 0 Å². The van der Waals surface area contributed by atoms with Gasteiger partial charge in [-0.25, -0.2) is 4.98 Å². The van der Waals surface area contributed by atoms with Crippen LogP contribution >= 0.6 is 11.3 Å². The Hall–Kier alpha value is -1.74. The second-order valence-electron chi connectivity index (χ2n) is 8.81. The third-order valence-electron chi connectivity index (χ3n) is 6.18. The molecule has 2 aromatic rings. The second kappa shape index (κ2) is 10.7. The monoisotopic (exact) mass is 446 g/mol. The van der Waals surface area contributed by atoms with Gasteiger partial charge in [0, 0.05) is 44.8 Å². The van der Waals surface area contributed by atoms with E-state index in [0.29, 0.717) is 19.1 Å². The van der Waals surface area contributed by atoms with Gasteiger partial charge in [-0.3, -0.25) is 14.6 Å². The summed E-state index contributed by atoms with van der Waals surface area (Å²) < 4.78 is 6.95. The van der Waals surface area contributed by atoms with Crippen LogP contribution in [0.2, 0.25) is 0 Å². The molecule has 1 aromatic carbocycles. The number of carbonyl (C=O) groups is 1. The summed E-state index contributed by atoms with van der Waals surface area (Å²) >= 11 is 1.67. The zero-order valence-corrected chi connectivity index (χ0v) is 19.2. The summed E-state index contributed by atoms with van der Waals surface area (Å²) in [5.41, 5.74) is 0.943. The Morgan fingerprint density at radius 1 is 1.23 bits per heavy atom. The van der Waals surface area contributed by atoms with Crippen LogP contribution in [0.1, 0.15) is 37.1 Å². The molecule has 0 bridgehead atoms. The predicted molar refractivity (Wildman–Crippen MR) is 124 cm³/mol. The molecule has 2 fully saturated rings. The van der Waals surface area contributed by atoms with Crippen LogP contribution in [0.25, 0.3) is 10.2 Å². The summed E-state index contributed by atoms with van der Waals surface area (Å²) in [6.07, 6.45) is 5.46. The Balaban J connectivity index is 1.14. The molecule has 1 aliphatic heterocycles. The van der Waals surface area contributed by atoms with Gasteiger partial charge in [-0.1, -0.05) is 19.3 Å². The molecule has 0 radical (unpaired) electrons. The lowest BCUT2D eigenvalue weighted by atomic mass is 9.95. The number of ether oxygens (including phenoxy) is 1. The van der Waals surface area contributed by atoms with Crippen molar-refractivity contribution in [3.8, 4) is 5.75 Å². The van der Waals surface area contributed by atoms with Gasteiger partial charge in [0.25, 0.3) is 0 Å². The number of rotatable bonds is 8. The van der Waals surface area contributed by atoms with E-state index in [4.69, 9.17) is 4.74 Å². The summed E-state index contributed by atoms with van der Waals surface area (Å²) in [6.45, 7) is 6.75. The number of amides is 1. The lowest BCUT2D eigenvalue weighted by molar-refractivity contribution is -0.123.